The molecule has 0 bridgehead atoms. The Hall–Kier alpha value is -3.23. The summed E-state index contributed by atoms with van der Waals surface area (Å²) in [6, 6.07) is 8.88. The second-order valence-electron chi connectivity index (χ2n) is 6.81. The molecule has 2 aromatic rings. The van der Waals surface area contributed by atoms with Crippen molar-refractivity contribution < 1.29 is 37.7 Å². The van der Waals surface area contributed by atoms with Gasteiger partial charge in [-0.2, -0.15) is 13.2 Å². The van der Waals surface area contributed by atoms with E-state index < -0.39 is 41.4 Å². The van der Waals surface area contributed by atoms with Crippen LogP contribution in [0, 0.1) is 5.41 Å². The van der Waals surface area contributed by atoms with E-state index in [0.717, 1.165) is 25.1 Å². The van der Waals surface area contributed by atoms with Crippen molar-refractivity contribution in [3.8, 4) is 5.75 Å². The average molecular weight is 411 g/mol. The minimum atomic E-state index is -4.64. The molecule has 0 radical (unpaired) electrons. The van der Waals surface area contributed by atoms with E-state index in [0.29, 0.717) is 11.3 Å². The minimum absolute atomic E-state index is 0.00119. The Kier molecular flexibility index (Phi) is 6.10. The van der Waals surface area contributed by atoms with Crippen molar-refractivity contribution in [1.82, 2.24) is 0 Å². The first kappa shape index (κ1) is 22.1. The number of carboxylic acids is 2. The molecule has 156 valence electrons. The maximum atomic E-state index is 13.2. The van der Waals surface area contributed by atoms with Gasteiger partial charge < -0.3 is 20.7 Å². The molecule has 0 aliphatic rings. The van der Waals surface area contributed by atoms with Gasteiger partial charge in [-0.05, 0) is 54.8 Å². The number of hydrogen-bond acceptors (Lipinski definition) is 4. The van der Waals surface area contributed by atoms with Gasteiger partial charge in [-0.15, -0.1) is 0 Å². The highest BCUT2D eigenvalue weighted by atomic mass is 19.4. The molecule has 0 aliphatic heterocycles. The van der Waals surface area contributed by atoms with Gasteiger partial charge in [0.25, 0.3) is 0 Å². The number of rotatable bonds is 7. The maximum Gasteiger partial charge on any atom is 0.416 e. The van der Waals surface area contributed by atoms with E-state index in [1.165, 1.54) is 19.2 Å². The third-order valence-electron chi connectivity index (χ3n) is 4.86. The number of aliphatic carboxylic acids is 2. The maximum absolute atomic E-state index is 13.2. The molecule has 2 rings (SSSR count). The summed E-state index contributed by atoms with van der Waals surface area (Å²) in [5, 5.41) is 18.9. The predicted octanol–water partition coefficient (Wildman–Crippen LogP) is 3.99. The van der Waals surface area contributed by atoms with Crippen LogP contribution in [-0.2, 0) is 15.8 Å². The quantitative estimate of drug-likeness (QED) is 0.469. The summed E-state index contributed by atoms with van der Waals surface area (Å²) in [5.74, 6) is -3.74. The molecule has 0 saturated heterocycles. The fourth-order valence-electron chi connectivity index (χ4n) is 2.97. The van der Waals surface area contributed by atoms with Crippen LogP contribution >= 0.6 is 0 Å². The molecular weight excluding hydrogens is 391 g/mol. The summed E-state index contributed by atoms with van der Waals surface area (Å²) in [7, 11) is 1.43. The van der Waals surface area contributed by atoms with Crippen molar-refractivity contribution in [3.63, 3.8) is 0 Å². The van der Waals surface area contributed by atoms with E-state index in [1.54, 1.807) is 12.1 Å². The topological polar surface area (TPSA) is 110 Å². The Bertz CT molecular complexity index is 895. The predicted molar refractivity (Wildman–Crippen MR) is 98.7 cm³/mol. The number of carboxylic acid groups (broad SMARTS) is 2. The molecule has 0 amide bonds. The van der Waals surface area contributed by atoms with Gasteiger partial charge in [-0.3, -0.25) is 9.59 Å². The summed E-state index contributed by atoms with van der Waals surface area (Å²) in [4.78, 5) is 23.3. The summed E-state index contributed by atoms with van der Waals surface area (Å²) in [6.07, 6.45) is -5.15. The Morgan fingerprint density at radius 1 is 1.07 bits per heavy atom. The van der Waals surface area contributed by atoms with Gasteiger partial charge in [0.2, 0.25) is 0 Å². The third-order valence-corrected chi connectivity index (χ3v) is 4.86. The third kappa shape index (κ3) is 4.61. The normalized spacial score (nSPS) is 13.0. The molecule has 0 spiro atoms. The number of anilines is 1. The second-order valence-corrected chi connectivity index (χ2v) is 6.81. The van der Waals surface area contributed by atoms with E-state index in [-0.39, 0.29) is 11.3 Å². The lowest BCUT2D eigenvalue weighted by atomic mass is 9.75. The molecule has 6 nitrogen and oxygen atoms in total. The molecule has 29 heavy (non-hydrogen) atoms. The van der Waals surface area contributed by atoms with Crippen LogP contribution in [0.1, 0.15) is 36.0 Å². The monoisotopic (exact) mass is 411 g/mol. The highest BCUT2D eigenvalue weighted by molar-refractivity contribution is 5.97. The van der Waals surface area contributed by atoms with Crippen LogP contribution in [0.25, 0.3) is 0 Å². The minimum Gasteiger partial charge on any atom is -0.497 e. The van der Waals surface area contributed by atoms with Crippen LogP contribution in [0.2, 0.25) is 0 Å². The fourth-order valence-corrected chi connectivity index (χ4v) is 2.97. The fraction of sp³-hybridized carbons (Fsp3) is 0.300. The Labute approximate surface area is 164 Å². The SMILES string of the molecule is COc1ccc(C(CC(C)(C(=O)O)C(=O)O)c2cc(C(F)(F)F)ccc2N)cc1. The van der Waals surface area contributed by atoms with Gasteiger partial charge in [0.1, 0.15) is 5.75 Å². The van der Waals surface area contributed by atoms with E-state index in [4.69, 9.17) is 10.5 Å². The number of methoxy groups -OCH3 is 1. The molecule has 2 aromatic carbocycles. The van der Waals surface area contributed by atoms with Crippen molar-refractivity contribution in [2.24, 2.45) is 5.41 Å². The van der Waals surface area contributed by atoms with Gasteiger partial charge >= 0.3 is 18.1 Å². The molecule has 0 heterocycles. The zero-order chi connectivity index (χ0) is 22.0. The number of halogens is 3. The van der Waals surface area contributed by atoms with Crippen LogP contribution in [-0.4, -0.2) is 29.3 Å². The molecule has 0 aromatic heterocycles. The van der Waals surface area contributed by atoms with Gasteiger partial charge in [0, 0.05) is 11.6 Å². The first-order valence-corrected chi connectivity index (χ1v) is 8.47. The second kappa shape index (κ2) is 8.02. The van der Waals surface area contributed by atoms with Crippen molar-refractivity contribution >= 4 is 17.6 Å². The number of ether oxygens (including phenoxy) is 1. The van der Waals surface area contributed by atoms with E-state index in [2.05, 4.69) is 0 Å². The summed E-state index contributed by atoms with van der Waals surface area (Å²) in [6.45, 7) is 1.01. The van der Waals surface area contributed by atoms with E-state index in [1.807, 2.05) is 0 Å². The van der Waals surface area contributed by atoms with Crippen LogP contribution in [0.5, 0.6) is 5.75 Å². The zero-order valence-electron chi connectivity index (χ0n) is 15.7. The first-order valence-electron chi connectivity index (χ1n) is 8.47. The molecule has 9 heteroatoms. The Morgan fingerprint density at radius 3 is 2.07 bits per heavy atom. The molecule has 4 N–H and O–H groups in total. The number of carbonyl (C=O) groups is 2. The largest absolute Gasteiger partial charge is 0.497 e. The van der Waals surface area contributed by atoms with Gasteiger partial charge in [0.15, 0.2) is 5.41 Å². The molecular formula is C20H20F3NO5. The molecule has 0 aliphatic carbocycles. The summed E-state index contributed by atoms with van der Waals surface area (Å²) in [5.41, 5.74) is 3.11. The highest BCUT2D eigenvalue weighted by Crippen LogP contribution is 2.42. The number of nitrogens with two attached hydrogens (primary N) is 1. The van der Waals surface area contributed by atoms with Gasteiger partial charge in [0.05, 0.1) is 12.7 Å². The highest BCUT2D eigenvalue weighted by Gasteiger charge is 2.44. The Morgan fingerprint density at radius 2 is 1.62 bits per heavy atom. The lowest BCUT2D eigenvalue weighted by molar-refractivity contribution is -0.164. The number of nitrogen functional groups attached to an aromatic ring is 1. The molecule has 0 fully saturated rings. The van der Waals surface area contributed by atoms with E-state index in [9.17, 15) is 33.0 Å². The molecule has 1 unspecified atom stereocenters. The van der Waals surface area contributed by atoms with Crippen molar-refractivity contribution in [2.75, 3.05) is 12.8 Å². The van der Waals surface area contributed by atoms with Crippen LogP contribution in [0.4, 0.5) is 18.9 Å². The summed E-state index contributed by atoms with van der Waals surface area (Å²) < 4.78 is 44.7. The van der Waals surface area contributed by atoms with Crippen molar-refractivity contribution in [3.05, 3.63) is 59.2 Å². The lowest BCUT2D eigenvalue weighted by Crippen LogP contribution is -2.38. The van der Waals surface area contributed by atoms with Crippen LogP contribution < -0.4 is 10.5 Å². The number of hydrogen-bond donors (Lipinski definition) is 3. The van der Waals surface area contributed by atoms with Crippen molar-refractivity contribution in [2.45, 2.75) is 25.4 Å². The average Bonchev–Trinajstić information content (AvgIpc) is 2.65. The molecule has 1 atom stereocenters. The van der Waals surface area contributed by atoms with Gasteiger partial charge in [-0.1, -0.05) is 12.1 Å². The van der Waals surface area contributed by atoms with Crippen LogP contribution in [0.3, 0.4) is 0 Å². The molecule has 0 saturated carbocycles. The Balaban J connectivity index is 2.67. The van der Waals surface area contributed by atoms with E-state index >= 15 is 0 Å². The first-order chi connectivity index (χ1) is 13.4. The van der Waals surface area contributed by atoms with Gasteiger partial charge in [-0.25, -0.2) is 0 Å². The van der Waals surface area contributed by atoms with Crippen LogP contribution in [0.15, 0.2) is 42.5 Å². The lowest BCUT2D eigenvalue weighted by Gasteiger charge is -2.28. The standard InChI is InChI=1S/C20H20F3NO5/c1-19(17(25)26,18(27)28)10-15(11-3-6-13(29-2)7-4-11)14-9-12(20(21,22)23)5-8-16(14)24/h3-9,15H,10,24H2,1-2H3,(H,25,26)(H,27,28). The zero-order valence-corrected chi connectivity index (χ0v) is 15.7. The smallest absolute Gasteiger partial charge is 0.416 e. The number of alkyl halides is 3. The van der Waals surface area contributed by atoms with Crippen molar-refractivity contribution in [1.29, 1.82) is 0 Å². The number of benzene rings is 2. The summed E-state index contributed by atoms with van der Waals surface area (Å²) >= 11 is 0.